The van der Waals surface area contributed by atoms with Gasteiger partial charge >= 0.3 is 0 Å². The summed E-state index contributed by atoms with van der Waals surface area (Å²) < 4.78 is 6.11. The maximum Gasteiger partial charge on any atom is 0.251 e. The van der Waals surface area contributed by atoms with E-state index >= 15 is 0 Å². The summed E-state index contributed by atoms with van der Waals surface area (Å²) in [5.74, 6) is 0.597. The summed E-state index contributed by atoms with van der Waals surface area (Å²) in [5.41, 5.74) is 2.54. The van der Waals surface area contributed by atoms with E-state index in [1.54, 1.807) is 0 Å². The molecule has 2 N–H and O–H groups in total. The normalized spacial score (nSPS) is 16.2. The van der Waals surface area contributed by atoms with E-state index in [0.29, 0.717) is 37.6 Å². The second-order valence-corrected chi connectivity index (χ2v) is 8.30. The Bertz CT molecular complexity index is 868. The van der Waals surface area contributed by atoms with E-state index in [0.717, 1.165) is 30.4 Å². The molecule has 0 saturated heterocycles. The van der Waals surface area contributed by atoms with Gasteiger partial charge in [-0.05, 0) is 50.8 Å². The van der Waals surface area contributed by atoms with Crippen molar-refractivity contribution in [2.24, 2.45) is 0 Å². The Kier molecular flexibility index (Phi) is 8.47. The van der Waals surface area contributed by atoms with Crippen molar-refractivity contribution in [3.05, 3.63) is 65.2 Å². The molecule has 0 aliphatic carbocycles. The van der Waals surface area contributed by atoms with Gasteiger partial charge in [0.05, 0.1) is 13.2 Å². The fourth-order valence-corrected chi connectivity index (χ4v) is 3.72. The first-order chi connectivity index (χ1) is 15.0. The van der Waals surface area contributed by atoms with Crippen molar-refractivity contribution in [1.82, 2.24) is 15.5 Å². The number of amides is 2. The Morgan fingerprint density at radius 1 is 1.06 bits per heavy atom. The minimum Gasteiger partial charge on any atom is -0.493 e. The molecule has 2 aromatic rings. The van der Waals surface area contributed by atoms with Crippen molar-refractivity contribution in [2.45, 2.75) is 52.2 Å². The van der Waals surface area contributed by atoms with E-state index in [4.69, 9.17) is 4.74 Å². The lowest BCUT2D eigenvalue weighted by atomic mass is 10.0. The average molecular weight is 424 g/mol. The standard InChI is InChI=1S/C25H33N3O3/c1-19(2)27-25(30)21-12-9-13-23-22(21)17-28(16-20-10-5-3-6-11-20)18-24(29)26-14-7-4-8-15-31-23/h3,5-6,9-13,19H,4,7-8,14-18H2,1-2H3,(H,26,29)(H,27,30). The number of carbonyl (C=O) groups is 2. The summed E-state index contributed by atoms with van der Waals surface area (Å²) in [7, 11) is 0. The molecule has 0 bridgehead atoms. The zero-order chi connectivity index (χ0) is 22.1. The molecule has 2 aromatic carbocycles. The molecule has 0 radical (unpaired) electrons. The number of nitrogens with one attached hydrogen (secondary N) is 2. The summed E-state index contributed by atoms with van der Waals surface area (Å²) in [6, 6.07) is 15.7. The molecule has 1 aliphatic rings. The summed E-state index contributed by atoms with van der Waals surface area (Å²) >= 11 is 0. The Labute approximate surface area is 185 Å². The average Bonchev–Trinajstić information content (AvgIpc) is 2.75. The molecule has 2 amide bonds. The Balaban J connectivity index is 1.95. The predicted octanol–water partition coefficient (Wildman–Crippen LogP) is 3.51. The van der Waals surface area contributed by atoms with Crippen LogP contribution in [0.1, 0.15) is 54.6 Å². The highest BCUT2D eigenvalue weighted by molar-refractivity contribution is 5.96. The van der Waals surface area contributed by atoms with Crippen LogP contribution in [0.2, 0.25) is 0 Å². The molecule has 6 heteroatoms. The van der Waals surface area contributed by atoms with Crippen LogP contribution in [0.4, 0.5) is 0 Å². The number of hydrogen-bond donors (Lipinski definition) is 2. The largest absolute Gasteiger partial charge is 0.493 e. The zero-order valence-corrected chi connectivity index (χ0v) is 18.5. The summed E-state index contributed by atoms with van der Waals surface area (Å²) in [5, 5.41) is 6.01. The molecule has 3 rings (SSSR count). The fourth-order valence-electron chi connectivity index (χ4n) is 3.72. The highest BCUT2D eigenvalue weighted by Crippen LogP contribution is 2.26. The van der Waals surface area contributed by atoms with E-state index in [2.05, 4.69) is 15.5 Å². The molecule has 1 aliphatic heterocycles. The number of benzene rings is 2. The molecule has 0 unspecified atom stereocenters. The van der Waals surface area contributed by atoms with E-state index in [-0.39, 0.29) is 24.4 Å². The first kappa shape index (κ1) is 22.8. The highest BCUT2D eigenvalue weighted by atomic mass is 16.5. The molecule has 6 nitrogen and oxygen atoms in total. The van der Waals surface area contributed by atoms with Crippen molar-refractivity contribution < 1.29 is 14.3 Å². The van der Waals surface area contributed by atoms with Crippen molar-refractivity contribution in [1.29, 1.82) is 0 Å². The number of fused-ring (bicyclic) bond motifs is 1. The lowest BCUT2D eigenvalue weighted by Crippen LogP contribution is -2.37. The third kappa shape index (κ3) is 7.10. The monoisotopic (exact) mass is 423 g/mol. The van der Waals surface area contributed by atoms with Gasteiger partial charge < -0.3 is 15.4 Å². The molecular formula is C25H33N3O3. The predicted molar refractivity (Wildman–Crippen MR) is 122 cm³/mol. The number of rotatable bonds is 4. The maximum absolute atomic E-state index is 12.9. The minimum atomic E-state index is -0.121. The molecule has 0 saturated carbocycles. The molecule has 0 aromatic heterocycles. The number of carbonyl (C=O) groups excluding carboxylic acids is 2. The summed E-state index contributed by atoms with van der Waals surface area (Å²) in [6.07, 6.45) is 2.82. The van der Waals surface area contributed by atoms with Gasteiger partial charge in [-0.2, -0.15) is 0 Å². The lowest BCUT2D eigenvalue weighted by molar-refractivity contribution is -0.122. The van der Waals surface area contributed by atoms with Crippen molar-refractivity contribution in [3.8, 4) is 5.75 Å². The minimum absolute atomic E-state index is 0.00163. The van der Waals surface area contributed by atoms with Gasteiger partial charge in [-0.1, -0.05) is 36.4 Å². The van der Waals surface area contributed by atoms with Gasteiger partial charge in [0.2, 0.25) is 5.91 Å². The topological polar surface area (TPSA) is 70.7 Å². The number of hydrogen-bond acceptors (Lipinski definition) is 4. The van der Waals surface area contributed by atoms with Gasteiger partial charge in [0.25, 0.3) is 5.91 Å². The van der Waals surface area contributed by atoms with Crippen LogP contribution in [0.3, 0.4) is 0 Å². The quantitative estimate of drug-likeness (QED) is 0.790. The van der Waals surface area contributed by atoms with E-state index < -0.39 is 0 Å². The number of ether oxygens (including phenoxy) is 1. The van der Waals surface area contributed by atoms with Crippen LogP contribution in [-0.2, 0) is 17.9 Å². The highest BCUT2D eigenvalue weighted by Gasteiger charge is 2.21. The van der Waals surface area contributed by atoms with Crippen LogP contribution >= 0.6 is 0 Å². The van der Waals surface area contributed by atoms with Gasteiger partial charge in [0.15, 0.2) is 0 Å². The molecule has 0 spiro atoms. The Morgan fingerprint density at radius 3 is 2.65 bits per heavy atom. The summed E-state index contributed by atoms with van der Waals surface area (Å²) in [4.78, 5) is 27.6. The van der Waals surface area contributed by atoms with Crippen LogP contribution in [0.25, 0.3) is 0 Å². The zero-order valence-electron chi connectivity index (χ0n) is 18.5. The summed E-state index contributed by atoms with van der Waals surface area (Å²) in [6.45, 7) is 6.46. The fraction of sp³-hybridized carbons (Fsp3) is 0.440. The van der Waals surface area contributed by atoms with Crippen molar-refractivity contribution in [3.63, 3.8) is 0 Å². The van der Waals surface area contributed by atoms with Gasteiger partial charge in [-0.3, -0.25) is 14.5 Å². The third-order valence-corrected chi connectivity index (χ3v) is 5.20. The van der Waals surface area contributed by atoms with Gasteiger partial charge in [0.1, 0.15) is 5.75 Å². The van der Waals surface area contributed by atoms with Crippen LogP contribution < -0.4 is 15.4 Å². The molecule has 0 fully saturated rings. The van der Waals surface area contributed by atoms with Crippen molar-refractivity contribution >= 4 is 11.8 Å². The van der Waals surface area contributed by atoms with Crippen LogP contribution in [0.15, 0.2) is 48.5 Å². The molecule has 0 atom stereocenters. The third-order valence-electron chi connectivity index (χ3n) is 5.20. The van der Waals surface area contributed by atoms with Crippen LogP contribution in [-0.4, -0.2) is 42.5 Å². The van der Waals surface area contributed by atoms with E-state index in [1.165, 1.54) is 0 Å². The Hall–Kier alpha value is -2.86. The second kappa shape index (κ2) is 11.5. The molecule has 166 valence electrons. The van der Waals surface area contributed by atoms with Gasteiger partial charge in [-0.15, -0.1) is 0 Å². The first-order valence-electron chi connectivity index (χ1n) is 11.1. The van der Waals surface area contributed by atoms with Gasteiger partial charge in [-0.25, -0.2) is 0 Å². The SMILES string of the molecule is CC(C)NC(=O)c1cccc2c1CN(Cc1ccccc1)CC(=O)NCCCCCO2. The first-order valence-corrected chi connectivity index (χ1v) is 11.1. The smallest absolute Gasteiger partial charge is 0.251 e. The molecule has 31 heavy (non-hydrogen) atoms. The van der Waals surface area contributed by atoms with Crippen LogP contribution in [0.5, 0.6) is 5.75 Å². The second-order valence-electron chi connectivity index (χ2n) is 8.30. The molecule has 1 heterocycles. The van der Waals surface area contributed by atoms with Gasteiger partial charge in [0, 0.05) is 36.8 Å². The number of nitrogens with zero attached hydrogens (tertiary/aromatic N) is 1. The molecular weight excluding hydrogens is 390 g/mol. The van der Waals surface area contributed by atoms with Crippen LogP contribution in [0, 0.1) is 0 Å². The van der Waals surface area contributed by atoms with Crippen molar-refractivity contribution in [2.75, 3.05) is 19.7 Å². The van der Waals surface area contributed by atoms with E-state index in [9.17, 15) is 9.59 Å². The maximum atomic E-state index is 12.9. The Morgan fingerprint density at radius 2 is 1.87 bits per heavy atom. The van der Waals surface area contributed by atoms with E-state index in [1.807, 2.05) is 62.4 Å². The lowest BCUT2D eigenvalue weighted by Gasteiger charge is -2.25.